The maximum Gasteiger partial charge on any atom is 0.164 e. The second-order valence-electron chi connectivity index (χ2n) is 12.7. The molecule has 5 heteroatoms. The fourth-order valence-electron chi connectivity index (χ4n) is 7.35. The van der Waals surface area contributed by atoms with Gasteiger partial charge in [0.2, 0.25) is 0 Å². The van der Waals surface area contributed by atoms with Crippen molar-refractivity contribution < 1.29 is 0 Å². The summed E-state index contributed by atoms with van der Waals surface area (Å²) in [6, 6.07) is 51.3. The number of aromatic nitrogens is 4. The van der Waals surface area contributed by atoms with Crippen LogP contribution in [0.5, 0.6) is 0 Å². The summed E-state index contributed by atoms with van der Waals surface area (Å²) in [4.78, 5) is 15.1. The highest BCUT2D eigenvalue weighted by atomic mass is 32.1. The summed E-state index contributed by atoms with van der Waals surface area (Å²) in [7, 11) is 0. The second-order valence-corrected chi connectivity index (χ2v) is 13.8. The van der Waals surface area contributed by atoms with Crippen LogP contribution in [-0.2, 0) is 0 Å². The molecule has 0 aliphatic heterocycles. The average Bonchev–Trinajstić information content (AvgIpc) is 3.74. The third-order valence-corrected chi connectivity index (χ3v) is 10.8. The quantitative estimate of drug-likeness (QED) is 0.185. The molecule has 0 atom stereocenters. The Hall–Kier alpha value is -6.17. The zero-order chi connectivity index (χ0) is 33.0. The normalized spacial score (nSPS) is 12.6. The third-order valence-electron chi connectivity index (χ3n) is 9.68. The van der Waals surface area contributed by atoms with Gasteiger partial charge in [-0.1, -0.05) is 115 Å². The number of rotatable bonds is 5. The van der Waals surface area contributed by atoms with Gasteiger partial charge in [-0.3, -0.25) is 0 Å². The van der Waals surface area contributed by atoms with Crippen molar-refractivity contribution >= 4 is 54.6 Å². The molecule has 236 valence electrons. The molecule has 4 nitrogen and oxygen atoms in total. The molecular formula is C45H30N4S. The van der Waals surface area contributed by atoms with E-state index in [9.17, 15) is 0 Å². The molecule has 3 heterocycles. The summed E-state index contributed by atoms with van der Waals surface area (Å²) < 4.78 is 4.87. The van der Waals surface area contributed by atoms with Crippen LogP contribution in [0, 0.1) is 0 Å². The molecule has 0 unspecified atom stereocenters. The van der Waals surface area contributed by atoms with Gasteiger partial charge in [0.25, 0.3) is 0 Å². The molecule has 0 amide bonds. The summed E-state index contributed by atoms with van der Waals surface area (Å²) in [6.45, 7) is 0. The van der Waals surface area contributed by atoms with Crippen LogP contribution in [0.25, 0.3) is 94.2 Å². The fraction of sp³-hybridized carbons (Fsp3) is 0.0444. The fourth-order valence-corrected chi connectivity index (χ4v) is 8.47. The van der Waals surface area contributed by atoms with E-state index < -0.39 is 0 Å². The SMILES string of the molecule is C1=c2c(n(-c3ccccc3)c3ccc(-c4ccc5sc6cccc(-c7nc(-c8ccccc8)nc(-c8ccccc8)n7)c6c5c4)cc23)=CCC1. The lowest BCUT2D eigenvalue weighted by atomic mass is 9.99. The number of para-hydroxylation sites is 1. The number of hydrogen-bond acceptors (Lipinski definition) is 4. The molecule has 10 rings (SSSR count). The van der Waals surface area contributed by atoms with E-state index in [1.165, 1.54) is 58.5 Å². The molecule has 3 aromatic heterocycles. The van der Waals surface area contributed by atoms with Crippen LogP contribution in [0.15, 0.2) is 146 Å². The number of thiophene rings is 1. The molecular weight excluding hydrogens is 629 g/mol. The van der Waals surface area contributed by atoms with Gasteiger partial charge in [-0.2, -0.15) is 0 Å². The molecule has 0 saturated carbocycles. The molecule has 0 spiro atoms. The Labute approximate surface area is 293 Å². The maximum atomic E-state index is 5.09. The Morgan fingerprint density at radius 2 is 1.10 bits per heavy atom. The summed E-state index contributed by atoms with van der Waals surface area (Å²) in [5.41, 5.74) is 7.78. The largest absolute Gasteiger partial charge is 0.310 e. The average molecular weight is 659 g/mol. The Morgan fingerprint density at radius 3 is 1.82 bits per heavy atom. The second kappa shape index (κ2) is 11.8. The summed E-state index contributed by atoms with van der Waals surface area (Å²) in [5.74, 6) is 2.01. The van der Waals surface area contributed by atoms with Crippen LogP contribution in [0.3, 0.4) is 0 Å². The number of fused-ring (bicyclic) bond motifs is 6. The van der Waals surface area contributed by atoms with Crippen molar-refractivity contribution in [2.24, 2.45) is 0 Å². The van der Waals surface area contributed by atoms with Crippen molar-refractivity contribution in [3.63, 3.8) is 0 Å². The maximum absolute atomic E-state index is 5.09. The predicted molar refractivity (Wildman–Crippen MR) is 209 cm³/mol. The number of hydrogen-bond donors (Lipinski definition) is 0. The van der Waals surface area contributed by atoms with Gasteiger partial charge in [0.1, 0.15) is 0 Å². The van der Waals surface area contributed by atoms with Gasteiger partial charge in [0, 0.05) is 58.5 Å². The Kier molecular flexibility index (Phi) is 6.78. The van der Waals surface area contributed by atoms with E-state index >= 15 is 0 Å². The highest BCUT2D eigenvalue weighted by Crippen LogP contribution is 2.41. The van der Waals surface area contributed by atoms with Crippen molar-refractivity contribution in [2.45, 2.75) is 12.8 Å². The van der Waals surface area contributed by atoms with Crippen molar-refractivity contribution in [1.82, 2.24) is 19.5 Å². The standard InChI is InChI=1S/C45H30N4S/c1-4-13-29(14-5-1)43-46-44(30-15-6-2-7-16-30)48-45(47-43)35-20-12-22-41-42(35)37-28-32(24-26-40(37)50-41)31-23-25-39-36(27-31)34-19-10-11-21-38(34)49(39)33-17-8-3-9-18-33/h1-9,12-28H,10-11H2. The molecule has 50 heavy (non-hydrogen) atoms. The van der Waals surface area contributed by atoms with Crippen molar-refractivity contribution in [3.8, 4) is 51.0 Å². The van der Waals surface area contributed by atoms with Gasteiger partial charge in [0.05, 0.1) is 5.52 Å². The molecule has 6 aromatic carbocycles. The molecule has 1 aliphatic rings. The van der Waals surface area contributed by atoms with Gasteiger partial charge in [-0.05, 0) is 66.4 Å². The van der Waals surface area contributed by atoms with Crippen molar-refractivity contribution in [1.29, 1.82) is 0 Å². The van der Waals surface area contributed by atoms with Gasteiger partial charge in [-0.25, -0.2) is 15.0 Å². The first-order valence-corrected chi connectivity index (χ1v) is 17.8. The van der Waals surface area contributed by atoms with Gasteiger partial charge in [-0.15, -0.1) is 11.3 Å². The minimum absolute atomic E-state index is 0.666. The summed E-state index contributed by atoms with van der Waals surface area (Å²) >= 11 is 1.81. The van der Waals surface area contributed by atoms with E-state index in [0.717, 1.165) is 29.5 Å². The zero-order valence-electron chi connectivity index (χ0n) is 27.1. The highest BCUT2D eigenvalue weighted by molar-refractivity contribution is 7.26. The lowest BCUT2D eigenvalue weighted by Gasteiger charge is -2.10. The third kappa shape index (κ3) is 4.78. The van der Waals surface area contributed by atoms with E-state index in [-0.39, 0.29) is 0 Å². The Morgan fingerprint density at radius 1 is 0.480 bits per heavy atom. The Balaban J connectivity index is 1.16. The first kappa shape index (κ1) is 28.8. The highest BCUT2D eigenvalue weighted by Gasteiger charge is 2.18. The summed E-state index contributed by atoms with van der Waals surface area (Å²) in [6.07, 6.45) is 6.93. The first-order valence-electron chi connectivity index (χ1n) is 17.0. The lowest BCUT2D eigenvalue weighted by Crippen LogP contribution is -2.30. The van der Waals surface area contributed by atoms with Crippen LogP contribution in [0.4, 0.5) is 0 Å². The number of benzene rings is 6. The topological polar surface area (TPSA) is 43.6 Å². The molecule has 9 aromatic rings. The molecule has 0 radical (unpaired) electrons. The first-order chi connectivity index (χ1) is 24.8. The Bertz CT molecular complexity index is 2800. The van der Waals surface area contributed by atoms with Crippen LogP contribution in [-0.4, -0.2) is 19.5 Å². The van der Waals surface area contributed by atoms with E-state index in [4.69, 9.17) is 15.0 Å². The van der Waals surface area contributed by atoms with Crippen molar-refractivity contribution in [2.75, 3.05) is 0 Å². The van der Waals surface area contributed by atoms with Crippen LogP contribution < -0.4 is 10.6 Å². The monoisotopic (exact) mass is 658 g/mol. The van der Waals surface area contributed by atoms with Gasteiger partial charge in [0.15, 0.2) is 17.5 Å². The van der Waals surface area contributed by atoms with Crippen LogP contribution in [0.1, 0.15) is 12.8 Å². The predicted octanol–water partition coefficient (Wildman–Crippen LogP) is 10.2. The molecule has 0 bridgehead atoms. The summed E-state index contributed by atoms with van der Waals surface area (Å²) in [5, 5.41) is 6.31. The smallest absolute Gasteiger partial charge is 0.164 e. The lowest BCUT2D eigenvalue weighted by molar-refractivity contribution is 1.02. The number of nitrogens with zero attached hydrogens (tertiary/aromatic N) is 4. The van der Waals surface area contributed by atoms with E-state index in [1.807, 2.05) is 47.7 Å². The van der Waals surface area contributed by atoms with Crippen LogP contribution in [0.2, 0.25) is 0 Å². The van der Waals surface area contributed by atoms with Crippen LogP contribution >= 0.6 is 11.3 Å². The van der Waals surface area contributed by atoms with E-state index in [0.29, 0.717) is 17.5 Å². The van der Waals surface area contributed by atoms with E-state index in [2.05, 4.69) is 126 Å². The minimum atomic E-state index is 0.666. The van der Waals surface area contributed by atoms with Crippen molar-refractivity contribution in [3.05, 3.63) is 156 Å². The minimum Gasteiger partial charge on any atom is -0.310 e. The van der Waals surface area contributed by atoms with Gasteiger partial charge < -0.3 is 4.57 Å². The zero-order valence-corrected chi connectivity index (χ0v) is 27.9. The molecule has 0 N–H and O–H groups in total. The van der Waals surface area contributed by atoms with E-state index in [1.54, 1.807) is 0 Å². The molecule has 0 fully saturated rings. The molecule has 1 aliphatic carbocycles. The molecule has 0 saturated heterocycles. The van der Waals surface area contributed by atoms with Gasteiger partial charge >= 0.3 is 0 Å².